The first-order valence-electron chi connectivity index (χ1n) is 8.89. The van der Waals surface area contributed by atoms with E-state index in [1.54, 1.807) is 0 Å². The van der Waals surface area contributed by atoms with E-state index in [4.69, 9.17) is 9.57 Å². The Bertz CT molecular complexity index is 533. The molecule has 2 aliphatic rings. The minimum atomic E-state index is -0.208. The van der Waals surface area contributed by atoms with Gasteiger partial charge in [0.05, 0.1) is 6.04 Å². The van der Waals surface area contributed by atoms with Gasteiger partial charge in [-0.3, -0.25) is 9.63 Å². The molecule has 0 unspecified atom stereocenters. The van der Waals surface area contributed by atoms with Crippen LogP contribution < -0.4 is 0 Å². The summed E-state index contributed by atoms with van der Waals surface area (Å²) < 4.78 is 6.56. The number of alkyl halides is 1. The number of ether oxygens (including phenoxy) is 1. The number of rotatable bonds is 5. The highest BCUT2D eigenvalue weighted by Crippen LogP contribution is 2.38. The number of benzene rings is 1. The standard InChI is InChI=1S/C19H26INO3/c1-14(22)23-19-17(12-20)24-21(13-15-8-4-2-5-9-15)18(19)16-10-6-3-7-11-16/h2,4-5,8-9,16-19H,3,6-7,10-13H2,1H3/t17-,18+,19+/m1/s1. The average Bonchev–Trinajstić information content (AvgIpc) is 2.93. The highest BCUT2D eigenvalue weighted by atomic mass is 127. The molecule has 0 aromatic heterocycles. The molecule has 0 bridgehead atoms. The van der Waals surface area contributed by atoms with Crippen molar-refractivity contribution in [3.63, 3.8) is 0 Å². The van der Waals surface area contributed by atoms with Crippen molar-refractivity contribution in [2.45, 2.75) is 63.8 Å². The molecule has 0 N–H and O–H groups in total. The molecule has 0 spiro atoms. The third-order valence-electron chi connectivity index (χ3n) is 5.07. The molecule has 0 radical (unpaired) electrons. The van der Waals surface area contributed by atoms with Crippen LogP contribution in [0.25, 0.3) is 0 Å². The van der Waals surface area contributed by atoms with Gasteiger partial charge >= 0.3 is 5.97 Å². The Morgan fingerprint density at radius 2 is 1.96 bits per heavy atom. The second kappa shape index (κ2) is 8.63. The fraction of sp³-hybridized carbons (Fsp3) is 0.632. The summed E-state index contributed by atoms with van der Waals surface area (Å²) >= 11 is 2.33. The highest BCUT2D eigenvalue weighted by Gasteiger charge is 2.48. The number of carbonyl (C=O) groups excluding carboxylic acids is 1. The number of carbonyl (C=O) groups is 1. The molecule has 4 nitrogen and oxygen atoms in total. The lowest BCUT2D eigenvalue weighted by molar-refractivity contribution is -0.172. The second-order valence-electron chi connectivity index (χ2n) is 6.82. The fourth-order valence-electron chi connectivity index (χ4n) is 4.03. The van der Waals surface area contributed by atoms with Crippen LogP contribution in [0.4, 0.5) is 0 Å². The molecule has 3 rings (SSSR count). The third kappa shape index (κ3) is 4.29. The van der Waals surface area contributed by atoms with Gasteiger partial charge in [-0.05, 0) is 24.3 Å². The van der Waals surface area contributed by atoms with E-state index in [2.05, 4.69) is 51.9 Å². The van der Waals surface area contributed by atoms with E-state index < -0.39 is 0 Å². The first-order valence-corrected chi connectivity index (χ1v) is 10.4. The molecule has 1 saturated carbocycles. The largest absolute Gasteiger partial charge is 0.458 e. The van der Waals surface area contributed by atoms with Crippen molar-refractivity contribution in [2.24, 2.45) is 5.92 Å². The van der Waals surface area contributed by atoms with Crippen molar-refractivity contribution in [1.82, 2.24) is 5.06 Å². The summed E-state index contributed by atoms with van der Waals surface area (Å²) in [5.74, 6) is 0.334. The van der Waals surface area contributed by atoms with Crippen LogP contribution in [0.3, 0.4) is 0 Å². The molecule has 1 aromatic rings. The monoisotopic (exact) mass is 443 g/mol. The molecule has 2 fully saturated rings. The van der Waals surface area contributed by atoms with Crippen molar-refractivity contribution in [3.8, 4) is 0 Å². The van der Waals surface area contributed by atoms with Crippen molar-refractivity contribution < 1.29 is 14.4 Å². The molecule has 1 aliphatic heterocycles. The maximum Gasteiger partial charge on any atom is 0.303 e. The zero-order valence-corrected chi connectivity index (χ0v) is 16.4. The first-order chi connectivity index (χ1) is 11.7. The topological polar surface area (TPSA) is 38.8 Å². The molecule has 1 heterocycles. The van der Waals surface area contributed by atoms with Crippen LogP contribution in [0.5, 0.6) is 0 Å². The zero-order valence-electron chi connectivity index (χ0n) is 14.2. The van der Waals surface area contributed by atoms with Crippen LogP contribution in [-0.2, 0) is 20.9 Å². The normalized spacial score (nSPS) is 28.8. The molecule has 0 amide bonds. The van der Waals surface area contributed by atoms with Gasteiger partial charge in [0, 0.05) is 17.9 Å². The fourth-order valence-corrected chi connectivity index (χ4v) is 4.69. The predicted octanol–water partition coefficient (Wildman–Crippen LogP) is 4.12. The first kappa shape index (κ1) is 18.1. The summed E-state index contributed by atoms with van der Waals surface area (Å²) in [6.45, 7) is 2.24. The lowest BCUT2D eigenvalue weighted by atomic mass is 9.81. The van der Waals surface area contributed by atoms with Gasteiger partial charge in [-0.1, -0.05) is 72.2 Å². The molecular formula is C19H26INO3. The van der Waals surface area contributed by atoms with Gasteiger partial charge in [-0.2, -0.15) is 5.06 Å². The maximum absolute atomic E-state index is 11.7. The van der Waals surface area contributed by atoms with Crippen LogP contribution in [0.15, 0.2) is 30.3 Å². The van der Waals surface area contributed by atoms with Crippen molar-refractivity contribution in [1.29, 1.82) is 0 Å². The second-order valence-corrected chi connectivity index (χ2v) is 7.70. The Labute approximate surface area is 158 Å². The summed E-state index contributed by atoms with van der Waals surface area (Å²) in [7, 11) is 0. The quantitative estimate of drug-likeness (QED) is 0.390. The van der Waals surface area contributed by atoms with E-state index in [1.165, 1.54) is 44.6 Å². The van der Waals surface area contributed by atoms with Crippen molar-refractivity contribution in [3.05, 3.63) is 35.9 Å². The van der Waals surface area contributed by atoms with Gasteiger partial charge in [0.2, 0.25) is 0 Å². The van der Waals surface area contributed by atoms with Crippen LogP contribution in [-0.4, -0.2) is 33.7 Å². The molecule has 1 saturated heterocycles. The van der Waals surface area contributed by atoms with Crippen LogP contribution in [0.2, 0.25) is 0 Å². The number of nitrogens with zero attached hydrogens (tertiary/aromatic N) is 1. The van der Waals surface area contributed by atoms with E-state index >= 15 is 0 Å². The van der Waals surface area contributed by atoms with Crippen molar-refractivity contribution in [2.75, 3.05) is 4.43 Å². The molecule has 5 heteroatoms. The summed E-state index contributed by atoms with van der Waals surface area (Å²) in [5.41, 5.74) is 1.23. The number of hydroxylamine groups is 2. The summed E-state index contributed by atoms with van der Waals surface area (Å²) in [4.78, 5) is 17.9. The molecule has 1 aliphatic carbocycles. The third-order valence-corrected chi connectivity index (χ3v) is 5.94. The summed E-state index contributed by atoms with van der Waals surface area (Å²) in [6, 6.07) is 10.6. The van der Waals surface area contributed by atoms with E-state index in [0.717, 1.165) is 11.0 Å². The van der Waals surface area contributed by atoms with E-state index in [9.17, 15) is 4.79 Å². The van der Waals surface area contributed by atoms with E-state index in [0.29, 0.717) is 5.92 Å². The van der Waals surface area contributed by atoms with Gasteiger partial charge in [0.15, 0.2) is 0 Å². The van der Waals surface area contributed by atoms with E-state index in [-0.39, 0.29) is 24.2 Å². The lowest BCUT2D eigenvalue weighted by Crippen LogP contribution is -2.44. The maximum atomic E-state index is 11.7. The average molecular weight is 443 g/mol. The number of hydrogen-bond acceptors (Lipinski definition) is 4. The van der Waals surface area contributed by atoms with E-state index in [1.807, 2.05) is 6.07 Å². The minimum Gasteiger partial charge on any atom is -0.458 e. The summed E-state index contributed by atoms with van der Waals surface area (Å²) in [6.07, 6.45) is 6.04. The Kier molecular flexibility index (Phi) is 6.52. The number of halogens is 1. The highest BCUT2D eigenvalue weighted by molar-refractivity contribution is 14.1. The Morgan fingerprint density at radius 1 is 1.25 bits per heavy atom. The molecule has 1 aromatic carbocycles. The SMILES string of the molecule is CC(=O)O[C@H]1[C@@H](CI)ON(Cc2ccccc2)[C@H]1C1CCCCC1. The lowest BCUT2D eigenvalue weighted by Gasteiger charge is -2.34. The molecule has 24 heavy (non-hydrogen) atoms. The number of hydrogen-bond donors (Lipinski definition) is 0. The van der Waals surface area contributed by atoms with Crippen molar-refractivity contribution >= 4 is 28.6 Å². The predicted molar refractivity (Wildman–Crippen MR) is 102 cm³/mol. The molecule has 3 atom stereocenters. The van der Waals surface area contributed by atoms with Gasteiger partial charge in [0.25, 0.3) is 0 Å². The Hall–Kier alpha value is -0.660. The summed E-state index contributed by atoms with van der Waals surface area (Å²) in [5, 5.41) is 2.10. The van der Waals surface area contributed by atoms with Crippen LogP contribution >= 0.6 is 22.6 Å². The number of esters is 1. The Morgan fingerprint density at radius 3 is 2.58 bits per heavy atom. The van der Waals surface area contributed by atoms with Gasteiger partial charge in [-0.25, -0.2) is 0 Å². The van der Waals surface area contributed by atoms with Gasteiger partial charge in [0.1, 0.15) is 12.2 Å². The Balaban J connectivity index is 1.82. The zero-order chi connectivity index (χ0) is 16.9. The van der Waals surface area contributed by atoms with Gasteiger partial charge in [-0.15, -0.1) is 0 Å². The smallest absolute Gasteiger partial charge is 0.303 e. The van der Waals surface area contributed by atoms with Gasteiger partial charge < -0.3 is 4.74 Å². The van der Waals surface area contributed by atoms with Crippen LogP contribution in [0, 0.1) is 5.92 Å². The molecular weight excluding hydrogens is 417 g/mol. The molecule has 132 valence electrons. The minimum absolute atomic E-state index is 0.0508. The van der Waals surface area contributed by atoms with Crippen LogP contribution in [0.1, 0.15) is 44.6 Å².